The number of nitriles is 1. The second kappa shape index (κ2) is 5.33. The van der Waals surface area contributed by atoms with Gasteiger partial charge in [-0.3, -0.25) is 0 Å². The van der Waals surface area contributed by atoms with Gasteiger partial charge in [-0.15, -0.1) is 0 Å². The molecule has 1 aromatic rings. The van der Waals surface area contributed by atoms with Crippen molar-refractivity contribution in [3.63, 3.8) is 0 Å². The van der Waals surface area contributed by atoms with Crippen LogP contribution < -0.4 is 5.73 Å². The van der Waals surface area contributed by atoms with Crippen LogP contribution in [0, 0.1) is 24.2 Å². The van der Waals surface area contributed by atoms with E-state index in [-0.39, 0.29) is 22.7 Å². The van der Waals surface area contributed by atoms with Crippen LogP contribution in [-0.2, 0) is 10.0 Å². The highest BCUT2D eigenvalue weighted by molar-refractivity contribution is 7.89. The summed E-state index contributed by atoms with van der Waals surface area (Å²) in [6.45, 7) is 1.91. The molecule has 0 amide bonds. The van der Waals surface area contributed by atoms with Crippen LogP contribution in [0.2, 0.25) is 0 Å². The lowest BCUT2D eigenvalue weighted by atomic mass is 9.82. The van der Waals surface area contributed by atoms with Crippen molar-refractivity contribution in [2.75, 3.05) is 0 Å². The third kappa shape index (κ3) is 2.17. The first kappa shape index (κ1) is 14.9. The van der Waals surface area contributed by atoms with E-state index in [2.05, 4.69) is 6.07 Å². The quantitative estimate of drug-likeness (QED) is 0.906. The number of sulfonamides is 1. The predicted molar refractivity (Wildman–Crippen MR) is 82.8 cm³/mol. The van der Waals surface area contributed by atoms with Gasteiger partial charge < -0.3 is 5.73 Å². The molecule has 2 atom stereocenters. The van der Waals surface area contributed by atoms with E-state index in [1.54, 1.807) is 24.3 Å². The molecule has 5 nitrogen and oxygen atoms in total. The number of fused-ring (bicyclic) bond motifs is 1. The van der Waals surface area contributed by atoms with Crippen LogP contribution in [0.25, 0.3) is 0 Å². The van der Waals surface area contributed by atoms with Crippen molar-refractivity contribution in [3.8, 4) is 6.07 Å². The molecule has 2 aliphatic rings. The van der Waals surface area contributed by atoms with Crippen LogP contribution in [0.15, 0.2) is 40.6 Å². The van der Waals surface area contributed by atoms with Gasteiger partial charge >= 0.3 is 0 Å². The molecule has 6 heteroatoms. The first-order valence-corrected chi connectivity index (χ1v) is 8.91. The molecule has 1 fully saturated rings. The standard InChI is InChI=1S/C16H19N3O2S/c1-11-6-8-12(9-7-11)22(20,21)19-15-5-3-2-4-13(15)14(10-17)16(19)18/h6-9,13,15H,2-5,18H2,1H3. The molecule has 0 radical (unpaired) electrons. The number of nitrogens with two attached hydrogens (primary N) is 1. The monoisotopic (exact) mass is 317 g/mol. The van der Waals surface area contributed by atoms with E-state index in [9.17, 15) is 13.7 Å². The zero-order chi connectivity index (χ0) is 15.9. The van der Waals surface area contributed by atoms with Gasteiger partial charge in [0, 0.05) is 5.92 Å². The van der Waals surface area contributed by atoms with Gasteiger partial charge in [0.15, 0.2) is 0 Å². The van der Waals surface area contributed by atoms with E-state index < -0.39 is 10.0 Å². The van der Waals surface area contributed by atoms with E-state index in [4.69, 9.17) is 5.73 Å². The first-order chi connectivity index (χ1) is 10.5. The fourth-order valence-corrected chi connectivity index (χ4v) is 5.16. The summed E-state index contributed by atoms with van der Waals surface area (Å²) in [6, 6.07) is 8.65. The molecule has 2 unspecified atom stereocenters. The Labute approximate surface area is 131 Å². The highest BCUT2D eigenvalue weighted by Gasteiger charge is 2.46. The highest BCUT2D eigenvalue weighted by atomic mass is 32.2. The van der Waals surface area contributed by atoms with Crippen LogP contribution in [0.3, 0.4) is 0 Å². The second-order valence-electron chi connectivity index (χ2n) is 5.98. The Balaban J connectivity index is 2.07. The summed E-state index contributed by atoms with van der Waals surface area (Å²) in [5.74, 6) is 0.0546. The van der Waals surface area contributed by atoms with Gasteiger partial charge in [-0.25, -0.2) is 12.7 Å². The molecule has 1 aliphatic carbocycles. The number of nitrogens with zero attached hydrogens (tertiary/aromatic N) is 2. The summed E-state index contributed by atoms with van der Waals surface area (Å²) in [6.07, 6.45) is 3.56. The topological polar surface area (TPSA) is 87.2 Å². The third-order valence-corrected chi connectivity index (χ3v) is 6.47. The van der Waals surface area contributed by atoms with E-state index in [1.165, 1.54) is 4.31 Å². The fraction of sp³-hybridized carbons (Fsp3) is 0.438. The third-order valence-electron chi connectivity index (χ3n) is 4.61. The summed E-state index contributed by atoms with van der Waals surface area (Å²) in [7, 11) is -3.72. The zero-order valence-corrected chi connectivity index (χ0v) is 13.3. The van der Waals surface area contributed by atoms with Gasteiger partial charge in [-0.1, -0.05) is 30.5 Å². The Morgan fingerprint density at radius 2 is 1.86 bits per heavy atom. The number of benzene rings is 1. The Hall–Kier alpha value is -2.00. The Kier molecular flexibility index (Phi) is 3.61. The van der Waals surface area contributed by atoms with E-state index in [1.807, 2.05) is 6.92 Å². The first-order valence-electron chi connectivity index (χ1n) is 7.47. The zero-order valence-electron chi connectivity index (χ0n) is 12.5. The molecular weight excluding hydrogens is 298 g/mol. The molecule has 0 spiro atoms. The van der Waals surface area contributed by atoms with E-state index in [0.29, 0.717) is 5.57 Å². The van der Waals surface area contributed by atoms with Gasteiger partial charge in [-0.2, -0.15) is 5.26 Å². The average Bonchev–Trinajstić information content (AvgIpc) is 2.79. The smallest absolute Gasteiger partial charge is 0.265 e. The van der Waals surface area contributed by atoms with Gasteiger partial charge in [0.05, 0.1) is 22.6 Å². The lowest BCUT2D eigenvalue weighted by Crippen LogP contribution is -2.41. The molecule has 3 rings (SSSR count). The van der Waals surface area contributed by atoms with Crippen molar-refractivity contribution < 1.29 is 8.42 Å². The fourth-order valence-electron chi connectivity index (χ4n) is 3.49. The average molecular weight is 317 g/mol. The maximum Gasteiger partial charge on any atom is 0.265 e. The van der Waals surface area contributed by atoms with Crippen molar-refractivity contribution >= 4 is 10.0 Å². The van der Waals surface area contributed by atoms with E-state index in [0.717, 1.165) is 31.2 Å². The van der Waals surface area contributed by atoms with Gasteiger partial charge in [0.2, 0.25) is 0 Å². The van der Waals surface area contributed by atoms with Crippen molar-refractivity contribution in [1.82, 2.24) is 4.31 Å². The van der Waals surface area contributed by atoms with Crippen molar-refractivity contribution in [2.45, 2.75) is 43.5 Å². The van der Waals surface area contributed by atoms with Gasteiger partial charge in [-0.05, 0) is 31.9 Å². The Bertz CT molecular complexity index is 760. The normalized spacial score (nSPS) is 25.0. The SMILES string of the molecule is Cc1ccc(S(=O)(=O)N2C(N)=C(C#N)C3CCCCC32)cc1. The number of rotatable bonds is 2. The van der Waals surface area contributed by atoms with Crippen LogP contribution in [0.5, 0.6) is 0 Å². The van der Waals surface area contributed by atoms with Gasteiger partial charge in [0.1, 0.15) is 5.82 Å². The Morgan fingerprint density at radius 3 is 2.50 bits per heavy atom. The molecule has 1 aromatic carbocycles. The summed E-state index contributed by atoms with van der Waals surface area (Å²) in [5, 5.41) is 9.36. The Morgan fingerprint density at radius 1 is 1.23 bits per heavy atom. The minimum absolute atomic E-state index is 0.0565. The molecule has 0 saturated heterocycles. The van der Waals surface area contributed by atoms with Crippen LogP contribution in [-0.4, -0.2) is 18.8 Å². The van der Waals surface area contributed by atoms with Crippen molar-refractivity contribution in [3.05, 3.63) is 41.2 Å². The maximum absolute atomic E-state index is 13.0. The maximum atomic E-state index is 13.0. The van der Waals surface area contributed by atoms with Gasteiger partial charge in [0.25, 0.3) is 10.0 Å². The molecule has 1 aliphatic heterocycles. The minimum atomic E-state index is -3.72. The molecule has 1 heterocycles. The molecule has 0 bridgehead atoms. The second-order valence-corrected chi connectivity index (χ2v) is 7.80. The van der Waals surface area contributed by atoms with Crippen LogP contribution in [0.1, 0.15) is 31.2 Å². The summed E-state index contributed by atoms with van der Waals surface area (Å²) >= 11 is 0. The largest absolute Gasteiger partial charge is 0.384 e. The number of aryl methyl sites for hydroxylation is 1. The van der Waals surface area contributed by atoms with Crippen molar-refractivity contribution in [1.29, 1.82) is 5.26 Å². The van der Waals surface area contributed by atoms with E-state index >= 15 is 0 Å². The molecule has 116 valence electrons. The summed E-state index contributed by atoms with van der Waals surface area (Å²) < 4.78 is 27.2. The molecule has 22 heavy (non-hydrogen) atoms. The lowest BCUT2D eigenvalue weighted by molar-refractivity contribution is 0.265. The van der Waals surface area contributed by atoms with Crippen LogP contribution in [0.4, 0.5) is 0 Å². The summed E-state index contributed by atoms with van der Waals surface area (Å²) in [4.78, 5) is 0.226. The molecule has 0 aromatic heterocycles. The molecular formula is C16H19N3O2S. The molecule has 2 N–H and O–H groups in total. The predicted octanol–water partition coefficient (Wildman–Crippen LogP) is 2.25. The lowest BCUT2D eigenvalue weighted by Gasteiger charge is -2.33. The highest BCUT2D eigenvalue weighted by Crippen LogP contribution is 2.43. The number of hydrogen-bond donors (Lipinski definition) is 1. The molecule has 1 saturated carbocycles. The minimum Gasteiger partial charge on any atom is -0.384 e. The van der Waals surface area contributed by atoms with Crippen molar-refractivity contribution in [2.24, 2.45) is 11.7 Å². The summed E-state index contributed by atoms with van der Waals surface area (Å²) in [5.41, 5.74) is 7.48. The number of hydrogen-bond acceptors (Lipinski definition) is 4. The van der Waals surface area contributed by atoms with Crippen LogP contribution >= 0.6 is 0 Å².